The van der Waals surface area contributed by atoms with Crippen molar-refractivity contribution in [3.63, 3.8) is 0 Å². The fourth-order valence-corrected chi connectivity index (χ4v) is 3.27. The highest BCUT2D eigenvalue weighted by Gasteiger charge is 2.39. The van der Waals surface area contributed by atoms with E-state index in [1.807, 2.05) is 25.7 Å². The summed E-state index contributed by atoms with van der Waals surface area (Å²) in [7, 11) is 0. The van der Waals surface area contributed by atoms with E-state index in [1.165, 1.54) is 6.07 Å². The van der Waals surface area contributed by atoms with Crippen LogP contribution in [0, 0.1) is 0 Å². The molecule has 2 heterocycles. The Balaban J connectivity index is 1.74. The second-order valence-corrected chi connectivity index (χ2v) is 7.32. The first-order valence-electron chi connectivity index (χ1n) is 7.99. The van der Waals surface area contributed by atoms with Gasteiger partial charge in [-0.1, -0.05) is 6.07 Å². The molecule has 0 saturated carbocycles. The predicted octanol–water partition coefficient (Wildman–Crippen LogP) is 3.69. The molecule has 0 aliphatic carbocycles. The zero-order chi connectivity index (χ0) is 17.7. The van der Waals surface area contributed by atoms with E-state index in [4.69, 9.17) is 4.74 Å². The van der Waals surface area contributed by atoms with Gasteiger partial charge in [0.15, 0.2) is 0 Å². The van der Waals surface area contributed by atoms with Gasteiger partial charge in [-0.05, 0) is 44.9 Å². The number of carbonyl (C=O) groups is 1. The van der Waals surface area contributed by atoms with E-state index < -0.39 is 17.3 Å². The topological polar surface area (TPSA) is 32.8 Å². The molecule has 24 heavy (non-hydrogen) atoms. The molecule has 1 atom stereocenters. The zero-order valence-corrected chi connectivity index (χ0v) is 14.0. The Morgan fingerprint density at radius 1 is 1.21 bits per heavy atom. The monoisotopic (exact) mass is 342 g/mol. The molecule has 0 radical (unpaired) electrons. The molecule has 0 bridgehead atoms. The number of piperazine rings is 1. The Hall–Kier alpha value is -1.92. The largest absolute Gasteiger partial charge is 0.444 e. The van der Waals surface area contributed by atoms with Crippen LogP contribution < -0.4 is 4.90 Å². The average molecular weight is 342 g/mol. The average Bonchev–Trinajstić information content (AvgIpc) is 2.81. The number of alkyl halides is 3. The number of hydrogen-bond acceptors (Lipinski definition) is 3. The fraction of sp³-hybridized carbons (Fsp3) is 0.588. The first-order valence-corrected chi connectivity index (χ1v) is 7.99. The molecule has 2 aliphatic rings. The smallest absolute Gasteiger partial charge is 0.416 e. The summed E-state index contributed by atoms with van der Waals surface area (Å²) in [5, 5.41) is 0. The Bertz CT molecular complexity index is 652. The lowest BCUT2D eigenvalue weighted by Crippen LogP contribution is -2.54. The maximum atomic E-state index is 12.9. The number of anilines is 1. The third-order valence-electron chi connectivity index (χ3n) is 4.31. The van der Waals surface area contributed by atoms with Crippen LogP contribution in [0.4, 0.5) is 23.7 Å². The Morgan fingerprint density at radius 3 is 2.54 bits per heavy atom. The molecule has 1 saturated heterocycles. The van der Waals surface area contributed by atoms with Crippen molar-refractivity contribution in [3.8, 4) is 0 Å². The Kier molecular flexibility index (Phi) is 3.92. The van der Waals surface area contributed by atoms with E-state index in [2.05, 4.69) is 0 Å². The van der Waals surface area contributed by atoms with Crippen LogP contribution in [0.15, 0.2) is 18.2 Å². The molecule has 0 aromatic heterocycles. The van der Waals surface area contributed by atoms with E-state index in [-0.39, 0.29) is 12.1 Å². The van der Waals surface area contributed by atoms with Gasteiger partial charge in [0, 0.05) is 25.3 Å². The van der Waals surface area contributed by atoms with Crippen LogP contribution in [0.1, 0.15) is 31.9 Å². The SMILES string of the molecule is CC(C)(C)OC(=O)N1CCN2c3cc(C(F)(F)F)ccc3CC2C1. The summed E-state index contributed by atoms with van der Waals surface area (Å²) in [6.07, 6.45) is -4.06. The van der Waals surface area contributed by atoms with Gasteiger partial charge < -0.3 is 14.5 Å². The second kappa shape index (κ2) is 5.57. The van der Waals surface area contributed by atoms with Crippen molar-refractivity contribution in [2.24, 2.45) is 0 Å². The highest BCUT2D eigenvalue weighted by atomic mass is 19.4. The lowest BCUT2D eigenvalue weighted by molar-refractivity contribution is -0.137. The quantitative estimate of drug-likeness (QED) is 0.721. The van der Waals surface area contributed by atoms with Gasteiger partial charge in [-0.15, -0.1) is 0 Å². The van der Waals surface area contributed by atoms with Gasteiger partial charge in [0.05, 0.1) is 11.6 Å². The van der Waals surface area contributed by atoms with Gasteiger partial charge >= 0.3 is 12.3 Å². The molecular formula is C17H21F3N2O2. The first kappa shape index (κ1) is 16.9. The molecule has 132 valence electrons. The number of ether oxygens (including phenoxy) is 1. The minimum Gasteiger partial charge on any atom is -0.444 e. The number of nitrogens with zero attached hydrogens (tertiary/aromatic N) is 2. The molecule has 0 spiro atoms. The minimum atomic E-state index is -4.34. The molecule has 4 nitrogen and oxygen atoms in total. The standard InChI is InChI=1S/C17H21F3N2O2/c1-16(2,3)24-15(23)21-6-7-22-13(10-21)8-11-4-5-12(9-14(11)22)17(18,19)20/h4-5,9,13H,6-8,10H2,1-3H3. The summed E-state index contributed by atoms with van der Waals surface area (Å²) in [5.74, 6) is 0. The molecular weight excluding hydrogens is 321 g/mol. The summed E-state index contributed by atoms with van der Waals surface area (Å²) in [6.45, 7) is 6.85. The van der Waals surface area contributed by atoms with Crippen LogP contribution in [0.2, 0.25) is 0 Å². The van der Waals surface area contributed by atoms with Gasteiger partial charge in [0.25, 0.3) is 0 Å². The van der Waals surface area contributed by atoms with Gasteiger partial charge in [-0.2, -0.15) is 13.2 Å². The number of carbonyl (C=O) groups excluding carboxylic acids is 1. The lowest BCUT2D eigenvalue weighted by atomic mass is 10.1. The molecule has 0 N–H and O–H groups in total. The molecule has 1 aromatic rings. The van der Waals surface area contributed by atoms with Crippen LogP contribution in [0.3, 0.4) is 0 Å². The highest BCUT2D eigenvalue weighted by Crippen LogP contribution is 2.39. The van der Waals surface area contributed by atoms with E-state index >= 15 is 0 Å². The summed E-state index contributed by atoms with van der Waals surface area (Å²) in [5.41, 5.74) is 0.350. The molecule has 3 rings (SSSR count). The maximum absolute atomic E-state index is 12.9. The number of fused-ring (bicyclic) bond motifs is 3. The third-order valence-corrected chi connectivity index (χ3v) is 4.31. The number of hydrogen-bond donors (Lipinski definition) is 0. The van der Waals surface area contributed by atoms with Crippen molar-refractivity contribution >= 4 is 11.8 Å². The Morgan fingerprint density at radius 2 is 1.92 bits per heavy atom. The van der Waals surface area contributed by atoms with Crippen molar-refractivity contribution in [1.29, 1.82) is 0 Å². The minimum absolute atomic E-state index is 0.00440. The number of rotatable bonds is 0. The first-order chi connectivity index (χ1) is 11.0. The van der Waals surface area contributed by atoms with E-state index in [9.17, 15) is 18.0 Å². The normalized spacial score (nSPS) is 20.7. The van der Waals surface area contributed by atoms with Crippen LogP contribution >= 0.6 is 0 Å². The zero-order valence-electron chi connectivity index (χ0n) is 14.0. The van der Waals surface area contributed by atoms with Gasteiger partial charge in [0.1, 0.15) is 5.60 Å². The molecule has 1 amide bonds. The van der Waals surface area contributed by atoms with Crippen molar-refractivity contribution in [2.45, 2.75) is 45.0 Å². The number of amides is 1. The summed E-state index contributed by atoms with van der Waals surface area (Å²) >= 11 is 0. The number of benzene rings is 1. The molecule has 7 heteroatoms. The molecule has 2 aliphatic heterocycles. The van der Waals surface area contributed by atoms with Crippen molar-refractivity contribution in [2.75, 3.05) is 24.5 Å². The molecule has 1 unspecified atom stereocenters. The van der Waals surface area contributed by atoms with Gasteiger partial charge in [-0.25, -0.2) is 4.79 Å². The second-order valence-electron chi connectivity index (χ2n) is 7.32. The fourth-order valence-electron chi connectivity index (χ4n) is 3.27. The Labute approximate surface area is 139 Å². The van der Waals surface area contributed by atoms with Crippen molar-refractivity contribution in [3.05, 3.63) is 29.3 Å². The van der Waals surface area contributed by atoms with E-state index in [0.29, 0.717) is 31.7 Å². The van der Waals surface area contributed by atoms with Crippen molar-refractivity contribution < 1.29 is 22.7 Å². The van der Waals surface area contributed by atoms with Crippen molar-refractivity contribution in [1.82, 2.24) is 4.90 Å². The molecule has 1 fully saturated rings. The van der Waals surface area contributed by atoms with E-state index in [1.54, 1.807) is 11.0 Å². The summed E-state index contributed by atoms with van der Waals surface area (Å²) in [4.78, 5) is 15.8. The maximum Gasteiger partial charge on any atom is 0.416 e. The predicted molar refractivity (Wildman–Crippen MR) is 84.1 cm³/mol. The highest BCUT2D eigenvalue weighted by molar-refractivity contribution is 5.70. The summed E-state index contributed by atoms with van der Waals surface area (Å²) in [6, 6.07) is 3.90. The lowest BCUT2D eigenvalue weighted by Gasteiger charge is -2.39. The van der Waals surface area contributed by atoms with Crippen LogP contribution in [0.5, 0.6) is 0 Å². The van der Waals surface area contributed by atoms with Crippen LogP contribution in [-0.2, 0) is 17.3 Å². The van der Waals surface area contributed by atoms with Gasteiger partial charge in [0.2, 0.25) is 0 Å². The van der Waals surface area contributed by atoms with Crippen LogP contribution in [-0.4, -0.2) is 42.3 Å². The van der Waals surface area contributed by atoms with E-state index in [0.717, 1.165) is 11.6 Å². The van der Waals surface area contributed by atoms with Gasteiger partial charge in [-0.3, -0.25) is 0 Å². The van der Waals surface area contributed by atoms with Crippen LogP contribution in [0.25, 0.3) is 0 Å². The third kappa shape index (κ3) is 3.30. The number of halogens is 3. The summed E-state index contributed by atoms with van der Waals surface area (Å²) < 4.78 is 44.1. The molecule has 1 aromatic carbocycles.